The first-order valence-corrected chi connectivity index (χ1v) is 7.86. The van der Waals surface area contributed by atoms with Gasteiger partial charge in [0, 0.05) is 20.1 Å². The first-order valence-electron chi connectivity index (χ1n) is 7.86. The first-order chi connectivity index (χ1) is 11.5. The molecule has 2 N–H and O–H groups in total. The normalized spacial score (nSPS) is 11.3. The van der Waals surface area contributed by atoms with Gasteiger partial charge in [0.1, 0.15) is 11.6 Å². The topological polar surface area (TPSA) is 45.7 Å². The van der Waals surface area contributed by atoms with Crippen molar-refractivity contribution in [3.63, 3.8) is 0 Å². The molecule has 4 nitrogen and oxygen atoms in total. The number of guanidine groups is 1. The van der Waals surface area contributed by atoms with Gasteiger partial charge in [-0.25, -0.2) is 4.39 Å². The quantitative estimate of drug-likeness (QED) is 0.653. The van der Waals surface area contributed by atoms with E-state index in [0.29, 0.717) is 24.6 Å². The van der Waals surface area contributed by atoms with Crippen LogP contribution >= 0.6 is 0 Å². The number of nitrogens with one attached hydrogen (secondary N) is 2. The molecule has 128 valence electrons. The van der Waals surface area contributed by atoms with E-state index in [2.05, 4.69) is 21.7 Å². The molecule has 0 saturated carbocycles. The minimum absolute atomic E-state index is 0.186. The second kappa shape index (κ2) is 8.34. The van der Waals surface area contributed by atoms with Gasteiger partial charge in [0.25, 0.3) is 0 Å². The minimum Gasteiger partial charge on any atom is -0.496 e. The molecule has 0 radical (unpaired) electrons. The highest BCUT2D eigenvalue weighted by Gasteiger charge is 2.03. The zero-order valence-corrected chi connectivity index (χ0v) is 14.6. The van der Waals surface area contributed by atoms with Crippen LogP contribution in [0.1, 0.15) is 22.3 Å². The van der Waals surface area contributed by atoms with Crippen molar-refractivity contribution in [3.05, 3.63) is 64.5 Å². The molecule has 5 heteroatoms. The van der Waals surface area contributed by atoms with E-state index in [0.717, 1.165) is 22.4 Å². The van der Waals surface area contributed by atoms with E-state index < -0.39 is 0 Å². The number of hydrogen-bond donors (Lipinski definition) is 2. The Morgan fingerprint density at radius 3 is 2.21 bits per heavy atom. The van der Waals surface area contributed by atoms with Crippen LogP contribution in [0.15, 0.2) is 41.4 Å². The Labute approximate surface area is 142 Å². The summed E-state index contributed by atoms with van der Waals surface area (Å²) in [7, 11) is 3.39. The Kier molecular flexibility index (Phi) is 6.18. The van der Waals surface area contributed by atoms with E-state index >= 15 is 0 Å². The molecule has 0 aliphatic rings. The van der Waals surface area contributed by atoms with Crippen molar-refractivity contribution in [2.75, 3.05) is 14.2 Å². The summed E-state index contributed by atoms with van der Waals surface area (Å²) in [5.41, 5.74) is 3.87. The van der Waals surface area contributed by atoms with Crippen LogP contribution in [-0.4, -0.2) is 20.1 Å². The number of benzene rings is 2. The summed E-state index contributed by atoms with van der Waals surface area (Å²) in [5, 5.41) is 6.49. The Hall–Kier alpha value is -2.56. The highest BCUT2D eigenvalue weighted by Crippen LogP contribution is 2.18. The third-order valence-electron chi connectivity index (χ3n) is 3.84. The molecule has 0 saturated heterocycles. The molecule has 0 atom stereocenters. The summed E-state index contributed by atoms with van der Waals surface area (Å²) in [6.07, 6.45) is 0. The van der Waals surface area contributed by atoms with Gasteiger partial charge in [0.2, 0.25) is 0 Å². The third-order valence-corrected chi connectivity index (χ3v) is 3.84. The van der Waals surface area contributed by atoms with E-state index in [4.69, 9.17) is 4.74 Å². The monoisotopic (exact) mass is 329 g/mol. The summed E-state index contributed by atoms with van der Waals surface area (Å²) >= 11 is 0. The fraction of sp³-hybridized carbons (Fsp3) is 0.316. The lowest BCUT2D eigenvalue weighted by Gasteiger charge is -2.13. The number of halogens is 1. The van der Waals surface area contributed by atoms with Crippen LogP contribution in [0, 0.1) is 19.7 Å². The van der Waals surface area contributed by atoms with Gasteiger partial charge < -0.3 is 15.4 Å². The maximum atomic E-state index is 13.3. The van der Waals surface area contributed by atoms with Crippen LogP contribution in [0.2, 0.25) is 0 Å². The van der Waals surface area contributed by atoms with Crippen LogP contribution < -0.4 is 15.4 Å². The molecular formula is C19H24FN3O. The first kappa shape index (κ1) is 17.8. The van der Waals surface area contributed by atoms with Crippen molar-refractivity contribution in [3.8, 4) is 5.75 Å². The van der Waals surface area contributed by atoms with Crippen LogP contribution in [0.3, 0.4) is 0 Å². The summed E-state index contributed by atoms with van der Waals surface area (Å²) < 4.78 is 18.6. The average Bonchev–Trinajstić information content (AvgIpc) is 2.59. The lowest BCUT2D eigenvalue weighted by atomic mass is 10.1. The average molecular weight is 329 g/mol. The highest BCUT2D eigenvalue weighted by molar-refractivity contribution is 5.79. The van der Waals surface area contributed by atoms with Crippen LogP contribution in [-0.2, 0) is 13.1 Å². The lowest BCUT2D eigenvalue weighted by Crippen LogP contribution is -2.36. The second-order valence-electron chi connectivity index (χ2n) is 5.67. The van der Waals surface area contributed by atoms with Crippen molar-refractivity contribution in [1.82, 2.24) is 10.6 Å². The summed E-state index contributed by atoms with van der Waals surface area (Å²) in [4.78, 5) is 4.21. The van der Waals surface area contributed by atoms with Gasteiger partial charge in [-0.1, -0.05) is 24.3 Å². The number of nitrogens with zero attached hydrogens (tertiary/aromatic N) is 1. The molecule has 0 fully saturated rings. The highest BCUT2D eigenvalue weighted by atomic mass is 19.1. The molecule has 2 rings (SSSR count). The molecule has 24 heavy (non-hydrogen) atoms. The van der Waals surface area contributed by atoms with Crippen LogP contribution in [0.5, 0.6) is 5.75 Å². The maximum Gasteiger partial charge on any atom is 0.191 e. The molecule has 0 aliphatic carbocycles. The van der Waals surface area contributed by atoms with Crippen molar-refractivity contribution >= 4 is 5.96 Å². The molecule has 0 amide bonds. The van der Waals surface area contributed by atoms with E-state index in [9.17, 15) is 4.39 Å². The number of methoxy groups -OCH3 is 1. The molecule has 0 unspecified atom stereocenters. The zero-order valence-electron chi connectivity index (χ0n) is 14.6. The SMILES string of the molecule is CN=C(NCc1ccc(F)c(C)c1)NCc1ccc(C)c(OC)c1. The largest absolute Gasteiger partial charge is 0.496 e. The van der Waals surface area contributed by atoms with Crippen molar-refractivity contribution in [2.45, 2.75) is 26.9 Å². The minimum atomic E-state index is -0.186. The Balaban J connectivity index is 1.91. The van der Waals surface area contributed by atoms with E-state index in [1.54, 1.807) is 27.1 Å². The van der Waals surface area contributed by atoms with Gasteiger partial charge in [0.15, 0.2) is 5.96 Å². The van der Waals surface area contributed by atoms with Crippen LogP contribution in [0.25, 0.3) is 0 Å². The van der Waals surface area contributed by atoms with Gasteiger partial charge in [0.05, 0.1) is 7.11 Å². The van der Waals surface area contributed by atoms with Crippen molar-refractivity contribution in [1.29, 1.82) is 0 Å². The molecule has 0 spiro atoms. The van der Waals surface area contributed by atoms with Gasteiger partial charge in [-0.3, -0.25) is 4.99 Å². The molecule has 0 bridgehead atoms. The van der Waals surface area contributed by atoms with E-state index in [1.807, 2.05) is 25.1 Å². The van der Waals surface area contributed by atoms with E-state index in [-0.39, 0.29) is 5.82 Å². The third kappa shape index (κ3) is 4.72. The molecule has 0 aliphatic heterocycles. The predicted molar refractivity (Wildman–Crippen MR) is 95.9 cm³/mol. The van der Waals surface area contributed by atoms with Gasteiger partial charge in [-0.05, 0) is 48.2 Å². The number of rotatable bonds is 5. The molecule has 0 heterocycles. The molecular weight excluding hydrogens is 305 g/mol. The van der Waals surface area contributed by atoms with E-state index in [1.165, 1.54) is 6.07 Å². The fourth-order valence-electron chi connectivity index (χ4n) is 2.38. The summed E-state index contributed by atoms with van der Waals surface area (Å²) in [6.45, 7) is 4.99. The Morgan fingerprint density at radius 2 is 1.62 bits per heavy atom. The zero-order chi connectivity index (χ0) is 17.5. The lowest BCUT2D eigenvalue weighted by molar-refractivity contribution is 0.411. The number of ether oxygens (including phenoxy) is 1. The molecule has 2 aromatic carbocycles. The number of aliphatic imine (C=N–C) groups is 1. The molecule has 0 aromatic heterocycles. The van der Waals surface area contributed by atoms with Gasteiger partial charge in [-0.15, -0.1) is 0 Å². The van der Waals surface area contributed by atoms with Gasteiger partial charge >= 0.3 is 0 Å². The molecule has 2 aromatic rings. The van der Waals surface area contributed by atoms with Crippen molar-refractivity contribution in [2.24, 2.45) is 4.99 Å². The van der Waals surface area contributed by atoms with Crippen molar-refractivity contribution < 1.29 is 9.13 Å². The summed E-state index contributed by atoms with van der Waals surface area (Å²) in [6, 6.07) is 11.2. The standard InChI is InChI=1S/C19H24FN3O/c1-13-5-6-16(10-18(13)24-4)12-23-19(21-3)22-11-15-7-8-17(20)14(2)9-15/h5-10H,11-12H2,1-4H3,(H2,21,22,23). The summed E-state index contributed by atoms with van der Waals surface area (Å²) in [5.74, 6) is 1.38. The van der Waals surface area contributed by atoms with Crippen LogP contribution in [0.4, 0.5) is 4.39 Å². The Morgan fingerprint density at radius 1 is 1.00 bits per heavy atom. The van der Waals surface area contributed by atoms with Gasteiger partial charge in [-0.2, -0.15) is 0 Å². The fourth-order valence-corrected chi connectivity index (χ4v) is 2.38. The predicted octanol–water partition coefficient (Wildman–Crippen LogP) is 3.32. The second-order valence-corrected chi connectivity index (χ2v) is 5.67. The maximum absolute atomic E-state index is 13.3. The Bertz CT molecular complexity index is 729. The number of hydrogen-bond acceptors (Lipinski definition) is 2. The smallest absolute Gasteiger partial charge is 0.191 e. The number of aryl methyl sites for hydroxylation is 2.